The van der Waals surface area contributed by atoms with Gasteiger partial charge in [0.05, 0.1) is 10.9 Å². The van der Waals surface area contributed by atoms with Crippen molar-refractivity contribution >= 4 is 18.9 Å². The van der Waals surface area contributed by atoms with Gasteiger partial charge in [0.2, 0.25) is 0 Å². The van der Waals surface area contributed by atoms with Gasteiger partial charge in [-0.2, -0.15) is 0 Å². The van der Waals surface area contributed by atoms with Crippen molar-refractivity contribution in [1.29, 1.82) is 0 Å². The molecule has 2 aromatic carbocycles. The molecule has 0 bridgehead atoms. The third-order valence-corrected chi connectivity index (χ3v) is 4.34. The van der Waals surface area contributed by atoms with E-state index in [0.29, 0.717) is 16.7 Å². The molecule has 0 spiro atoms. The topological polar surface area (TPSA) is 63.6 Å². The number of hydrogen-bond acceptors (Lipinski definition) is 3. The molecule has 0 saturated heterocycles. The molecule has 0 aliphatic heterocycles. The predicted molar refractivity (Wildman–Crippen MR) is 77.2 cm³/mol. The molecule has 2 aromatic rings. The second kappa shape index (κ2) is 5.61. The number of rotatable bonds is 3. The zero-order valence-electron chi connectivity index (χ0n) is 11.2. The molecule has 0 aliphatic carbocycles. The average Bonchev–Trinajstić information content (AvgIpc) is 2.39. The predicted octanol–water partition coefficient (Wildman–Crippen LogP) is 2.97. The lowest BCUT2D eigenvalue weighted by Crippen LogP contribution is -2.13. The van der Waals surface area contributed by atoms with Crippen molar-refractivity contribution in [2.75, 3.05) is 0 Å². The first kappa shape index (κ1) is 14.5. The van der Waals surface area contributed by atoms with Gasteiger partial charge >= 0.3 is 13.6 Å². The van der Waals surface area contributed by atoms with Crippen molar-refractivity contribution in [3.05, 3.63) is 65.2 Å². The molecule has 20 heavy (non-hydrogen) atoms. The van der Waals surface area contributed by atoms with Crippen molar-refractivity contribution in [2.45, 2.75) is 13.8 Å². The van der Waals surface area contributed by atoms with Gasteiger partial charge in [-0.25, -0.2) is 9.36 Å². The first-order valence-electron chi connectivity index (χ1n) is 6.10. The van der Waals surface area contributed by atoms with Crippen LogP contribution in [0, 0.1) is 13.8 Å². The molecule has 0 fully saturated rings. The fraction of sp³-hybridized carbons (Fsp3) is 0.133. The van der Waals surface area contributed by atoms with Crippen LogP contribution in [0.5, 0.6) is 0 Å². The molecule has 104 valence electrons. The lowest BCUT2D eigenvalue weighted by molar-refractivity contribution is 0.0721. The van der Waals surface area contributed by atoms with Gasteiger partial charge in [-0.05, 0) is 37.1 Å². The number of benzene rings is 2. The van der Waals surface area contributed by atoms with E-state index >= 15 is 0 Å². The largest absolute Gasteiger partial charge is 0.410 e. The van der Waals surface area contributed by atoms with E-state index in [1.54, 1.807) is 44.2 Å². The van der Waals surface area contributed by atoms with Crippen LogP contribution >= 0.6 is 7.60 Å². The number of aryl methyl sites for hydroxylation is 2. The van der Waals surface area contributed by atoms with E-state index < -0.39 is 13.6 Å². The van der Waals surface area contributed by atoms with Crippen LogP contribution in [0.15, 0.2) is 48.5 Å². The molecule has 1 unspecified atom stereocenters. The Kier molecular flexibility index (Phi) is 4.07. The van der Waals surface area contributed by atoms with E-state index in [1.807, 2.05) is 6.07 Å². The summed E-state index contributed by atoms with van der Waals surface area (Å²) in [5.74, 6) is -0.782. The smallest absolute Gasteiger partial charge is 0.385 e. The van der Waals surface area contributed by atoms with Crippen LogP contribution in [0.2, 0.25) is 0 Å². The quantitative estimate of drug-likeness (QED) is 0.883. The normalized spacial score (nSPS) is 13.6. The van der Waals surface area contributed by atoms with Gasteiger partial charge in [-0.15, -0.1) is 0 Å². The van der Waals surface area contributed by atoms with Gasteiger partial charge in [0.25, 0.3) is 0 Å². The summed E-state index contributed by atoms with van der Waals surface area (Å²) in [6, 6.07) is 13.2. The fourth-order valence-corrected chi connectivity index (χ4v) is 2.93. The fourth-order valence-electron chi connectivity index (χ4n) is 1.96. The minimum absolute atomic E-state index is 0.0968. The van der Waals surface area contributed by atoms with Crippen LogP contribution in [0.4, 0.5) is 0 Å². The summed E-state index contributed by atoms with van der Waals surface area (Å²) in [5.41, 5.74) is 1.75. The summed E-state index contributed by atoms with van der Waals surface area (Å²) < 4.78 is 17.0. The molecular weight excluding hydrogens is 275 g/mol. The molecular formula is C15H15O4P. The highest BCUT2D eigenvalue weighted by atomic mass is 31.2. The van der Waals surface area contributed by atoms with Gasteiger partial charge in [-0.3, -0.25) is 0 Å². The number of carbonyl (C=O) groups is 1. The van der Waals surface area contributed by atoms with Gasteiger partial charge in [0, 0.05) is 0 Å². The standard InChI is InChI=1S/C15H15O4P/c1-11-7-6-8-12(2)14(11)15(16)19-20(17,18)13-9-4-3-5-10-13/h3-10H,1-2H3,(H,17,18). The molecule has 0 heterocycles. The minimum Gasteiger partial charge on any atom is -0.385 e. The van der Waals surface area contributed by atoms with Crippen molar-refractivity contribution in [1.82, 2.24) is 0 Å². The van der Waals surface area contributed by atoms with Crippen LogP contribution in [0.25, 0.3) is 0 Å². The third kappa shape index (κ3) is 2.98. The van der Waals surface area contributed by atoms with Crippen LogP contribution < -0.4 is 5.30 Å². The maximum Gasteiger partial charge on any atom is 0.410 e. The van der Waals surface area contributed by atoms with Crippen molar-refractivity contribution in [3.8, 4) is 0 Å². The van der Waals surface area contributed by atoms with Gasteiger partial charge in [-0.1, -0.05) is 36.4 Å². The Hall–Kier alpha value is -1.90. The highest BCUT2D eigenvalue weighted by molar-refractivity contribution is 7.61. The lowest BCUT2D eigenvalue weighted by atomic mass is 10.0. The van der Waals surface area contributed by atoms with E-state index in [4.69, 9.17) is 4.52 Å². The number of hydrogen-bond donors (Lipinski definition) is 1. The first-order chi connectivity index (χ1) is 9.42. The molecule has 0 aliphatic rings. The Morgan fingerprint density at radius 3 is 2.10 bits per heavy atom. The van der Waals surface area contributed by atoms with Crippen molar-refractivity contribution in [2.24, 2.45) is 0 Å². The SMILES string of the molecule is Cc1cccc(C)c1C(=O)OP(=O)(O)c1ccccc1. The second-order valence-corrected chi connectivity index (χ2v) is 6.24. The van der Waals surface area contributed by atoms with E-state index in [0.717, 1.165) is 0 Å². The maximum absolute atomic E-state index is 12.1. The molecule has 4 nitrogen and oxygen atoms in total. The van der Waals surface area contributed by atoms with Crippen molar-refractivity contribution < 1.29 is 18.8 Å². The van der Waals surface area contributed by atoms with Gasteiger partial charge < -0.3 is 9.42 Å². The Labute approximate surface area is 117 Å². The average molecular weight is 290 g/mol. The van der Waals surface area contributed by atoms with E-state index in [1.165, 1.54) is 12.1 Å². The molecule has 1 atom stereocenters. The molecule has 5 heteroatoms. The van der Waals surface area contributed by atoms with Crippen LogP contribution in [0.3, 0.4) is 0 Å². The second-order valence-electron chi connectivity index (χ2n) is 4.50. The summed E-state index contributed by atoms with van der Waals surface area (Å²) in [7, 11) is -4.16. The third-order valence-electron chi connectivity index (χ3n) is 2.97. The molecule has 0 aromatic heterocycles. The van der Waals surface area contributed by atoms with Crippen LogP contribution in [-0.2, 0) is 9.09 Å². The lowest BCUT2D eigenvalue weighted by Gasteiger charge is -2.14. The summed E-state index contributed by atoms with van der Waals surface area (Å²) in [6.45, 7) is 3.52. The molecule has 0 radical (unpaired) electrons. The molecule has 1 N–H and O–H groups in total. The van der Waals surface area contributed by atoms with E-state index in [9.17, 15) is 14.3 Å². The zero-order valence-corrected chi connectivity index (χ0v) is 12.1. The number of carbonyl (C=O) groups excluding carboxylic acids is 1. The summed E-state index contributed by atoms with van der Waals surface area (Å²) in [4.78, 5) is 22.0. The molecule has 0 amide bonds. The first-order valence-corrected chi connectivity index (χ1v) is 7.68. The van der Waals surface area contributed by atoms with Gasteiger partial charge in [0.15, 0.2) is 0 Å². The Balaban J connectivity index is 2.31. The van der Waals surface area contributed by atoms with Crippen LogP contribution in [-0.4, -0.2) is 10.9 Å². The van der Waals surface area contributed by atoms with E-state index in [-0.39, 0.29) is 5.30 Å². The minimum atomic E-state index is -4.16. The Bertz CT molecular complexity index is 659. The van der Waals surface area contributed by atoms with Crippen LogP contribution in [0.1, 0.15) is 21.5 Å². The van der Waals surface area contributed by atoms with Crippen molar-refractivity contribution in [3.63, 3.8) is 0 Å². The highest BCUT2D eigenvalue weighted by Crippen LogP contribution is 2.41. The molecule has 2 rings (SSSR count). The highest BCUT2D eigenvalue weighted by Gasteiger charge is 2.28. The Morgan fingerprint density at radius 2 is 1.55 bits per heavy atom. The van der Waals surface area contributed by atoms with E-state index in [2.05, 4.69) is 0 Å². The summed E-state index contributed by atoms with van der Waals surface area (Å²) >= 11 is 0. The Morgan fingerprint density at radius 1 is 1.00 bits per heavy atom. The molecule has 0 saturated carbocycles. The summed E-state index contributed by atoms with van der Waals surface area (Å²) in [5, 5.41) is 0.0968. The maximum atomic E-state index is 12.1. The van der Waals surface area contributed by atoms with Gasteiger partial charge in [0.1, 0.15) is 0 Å². The zero-order chi connectivity index (χ0) is 14.8. The summed E-state index contributed by atoms with van der Waals surface area (Å²) in [6.07, 6.45) is 0. The monoisotopic (exact) mass is 290 g/mol.